The number of halogens is 1. The van der Waals surface area contributed by atoms with E-state index in [4.69, 9.17) is 11.6 Å². The van der Waals surface area contributed by atoms with Gasteiger partial charge >= 0.3 is 0 Å². The van der Waals surface area contributed by atoms with Crippen molar-refractivity contribution >= 4 is 29.0 Å². The van der Waals surface area contributed by atoms with Crippen molar-refractivity contribution in [1.29, 1.82) is 0 Å². The van der Waals surface area contributed by atoms with Gasteiger partial charge in [-0.3, -0.25) is 9.78 Å². The van der Waals surface area contributed by atoms with E-state index in [1.807, 2.05) is 24.0 Å². The SMILES string of the molecule is Cc1ccc(Nc2ncc(C(=O)N3CCCCC3CCO)cc2Cl)cn1. The summed E-state index contributed by atoms with van der Waals surface area (Å²) in [5, 5.41) is 12.7. The van der Waals surface area contributed by atoms with Crippen LogP contribution in [0, 0.1) is 6.92 Å². The fraction of sp³-hybridized carbons (Fsp3) is 0.421. The second-order valence-electron chi connectivity index (χ2n) is 6.53. The molecule has 3 heterocycles. The molecule has 138 valence electrons. The van der Waals surface area contributed by atoms with Gasteiger partial charge < -0.3 is 15.3 Å². The third kappa shape index (κ3) is 4.31. The van der Waals surface area contributed by atoms with Crippen molar-refractivity contribution in [2.45, 2.75) is 38.6 Å². The Kier molecular flexibility index (Phi) is 6.06. The highest BCUT2D eigenvalue weighted by Gasteiger charge is 2.27. The van der Waals surface area contributed by atoms with Crippen LogP contribution in [0.2, 0.25) is 5.02 Å². The second kappa shape index (κ2) is 8.47. The maximum absolute atomic E-state index is 12.9. The first-order chi connectivity index (χ1) is 12.6. The monoisotopic (exact) mass is 374 g/mol. The van der Waals surface area contributed by atoms with Gasteiger partial charge in [0.05, 0.1) is 22.5 Å². The molecule has 0 aromatic carbocycles. The minimum atomic E-state index is -0.0823. The van der Waals surface area contributed by atoms with Crippen LogP contribution in [0.5, 0.6) is 0 Å². The number of hydrogen-bond acceptors (Lipinski definition) is 5. The van der Waals surface area contributed by atoms with E-state index >= 15 is 0 Å². The zero-order chi connectivity index (χ0) is 18.5. The number of nitrogens with one attached hydrogen (secondary N) is 1. The van der Waals surface area contributed by atoms with E-state index in [-0.39, 0.29) is 18.6 Å². The summed E-state index contributed by atoms with van der Waals surface area (Å²) in [6.45, 7) is 2.71. The molecule has 0 spiro atoms. The van der Waals surface area contributed by atoms with E-state index in [2.05, 4.69) is 15.3 Å². The number of piperidine rings is 1. The van der Waals surface area contributed by atoms with E-state index in [1.165, 1.54) is 0 Å². The van der Waals surface area contributed by atoms with Crippen LogP contribution >= 0.6 is 11.6 Å². The molecule has 2 aromatic heterocycles. The highest BCUT2D eigenvalue weighted by Crippen LogP contribution is 2.26. The van der Waals surface area contributed by atoms with E-state index < -0.39 is 0 Å². The minimum absolute atomic E-state index is 0.0801. The summed E-state index contributed by atoms with van der Waals surface area (Å²) >= 11 is 6.33. The van der Waals surface area contributed by atoms with Crippen molar-refractivity contribution in [2.75, 3.05) is 18.5 Å². The zero-order valence-electron chi connectivity index (χ0n) is 14.8. The molecule has 6 nitrogen and oxygen atoms in total. The van der Waals surface area contributed by atoms with Gasteiger partial charge in [0.2, 0.25) is 0 Å². The third-order valence-corrected chi connectivity index (χ3v) is 4.90. The molecule has 26 heavy (non-hydrogen) atoms. The predicted molar refractivity (Wildman–Crippen MR) is 102 cm³/mol. The molecule has 0 saturated carbocycles. The quantitative estimate of drug-likeness (QED) is 0.836. The Morgan fingerprint density at radius 1 is 1.35 bits per heavy atom. The Morgan fingerprint density at radius 2 is 2.19 bits per heavy atom. The van der Waals surface area contributed by atoms with E-state index in [0.717, 1.165) is 30.6 Å². The van der Waals surface area contributed by atoms with Crippen LogP contribution in [0.15, 0.2) is 30.6 Å². The Morgan fingerprint density at radius 3 is 2.88 bits per heavy atom. The van der Waals surface area contributed by atoms with Crippen LogP contribution in [-0.4, -0.2) is 45.1 Å². The lowest BCUT2D eigenvalue weighted by molar-refractivity contribution is 0.0574. The van der Waals surface area contributed by atoms with Gasteiger partial charge in [-0.2, -0.15) is 0 Å². The number of rotatable bonds is 5. The summed E-state index contributed by atoms with van der Waals surface area (Å²) in [5.41, 5.74) is 2.17. The molecule has 2 aromatic rings. The average Bonchev–Trinajstić information content (AvgIpc) is 2.65. The average molecular weight is 375 g/mol. The maximum Gasteiger partial charge on any atom is 0.255 e. The summed E-state index contributed by atoms with van der Waals surface area (Å²) in [5.74, 6) is 0.403. The van der Waals surface area contributed by atoms with Gasteiger partial charge in [0, 0.05) is 31.1 Å². The number of carbonyl (C=O) groups excluding carboxylic acids is 1. The van der Waals surface area contributed by atoms with Crippen LogP contribution in [0.25, 0.3) is 0 Å². The van der Waals surface area contributed by atoms with Gasteiger partial charge in [0.1, 0.15) is 5.82 Å². The number of aliphatic hydroxyl groups is 1. The summed E-state index contributed by atoms with van der Waals surface area (Å²) < 4.78 is 0. The molecular weight excluding hydrogens is 352 g/mol. The first-order valence-corrected chi connectivity index (χ1v) is 9.23. The van der Waals surface area contributed by atoms with Crippen molar-refractivity contribution in [3.05, 3.63) is 46.9 Å². The summed E-state index contributed by atoms with van der Waals surface area (Å²) in [7, 11) is 0. The molecular formula is C19H23ClN4O2. The van der Waals surface area contributed by atoms with Crippen LogP contribution in [0.1, 0.15) is 41.7 Å². The third-order valence-electron chi connectivity index (χ3n) is 4.61. The van der Waals surface area contributed by atoms with Gasteiger partial charge in [0.15, 0.2) is 0 Å². The molecule has 1 amide bonds. The van der Waals surface area contributed by atoms with Crippen molar-refractivity contribution < 1.29 is 9.90 Å². The van der Waals surface area contributed by atoms with Gasteiger partial charge in [0.25, 0.3) is 5.91 Å². The fourth-order valence-corrected chi connectivity index (χ4v) is 3.42. The number of aryl methyl sites for hydroxylation is 1. The van der Waals surface area contributed by atoms with E-state index in [1.54, 1.807) is 18.5 Å². The molecule has 7 heteroatoms. The Bertz CT molecular complexity index is 765. The molecule has 1 atom stereocenters. The molecule has 1 unspecified atom stereocenters. The molecule has 2 N–H and O–H groups in total. The number of likely N-dealkylation sites (tertiary alicyclic amines) is 1. The smallest absolute Gasteiger partial charge is 0.255 e. The first-order valence-electron chi connectivity index (χ1n) is 8.85. The molecule has 0 radical (unpaired) electrons. The van der Waals surface area contributed by atoms with Gasteiger partial charge in [-0.05, 0) is 50.8 Å². The maximum atomic E-state index is 12.9. The Balaban J connectivity index is 1.75. The molecule has 3 rings (SSSR count). The molecule has 1 fully saturated rings. The lowest BCUT2D eigenvalue weighted by Crippen LogP contribution is -2.44. The normalized spacial score (nSPS) is 17.2. The number of aromatic nitrogens is 2. The Labute approximate surface area is 158 Å². The number of anilines is 2. The van der Waals surface area contributed by atoms with Crippen LogP contribution in [0.3, 0.4) is 0 Å². The number of aliphatic hydroxyl groups excluding tert-OH is 1. The van der Waals surface area contributed by atoms with Gasteiger partial charge in [-0.15, -0.1) is 0 Å². The van der Waals surface area contributed by atoms with E-state index in [0.29, 0.717) is 29.4 Å². The number of hydrogen-bond donors (Lipinski definition) is 2. The standard InChI is InChI=1S/C19H23ClN4O2/c1-13-5-6-15(12-21-13)23-18-17(20)10-14(11-22-18)19(26)24-8-3-2-4-16(24)7-9-25/h5-6,10-12,16,25H,2-4,7-9H2,1H3,(H,22,23). The van der Waals surface area contributed by atoms with Crippen molar-refractivity contribution in [2.24, 2.45) is 0 Å². The van der Waals surface area contributed by atoms with Crippen LogP contribution in [0.4, 0.5) is 11.5 Å². The highest BCUT2D eigenvalue weighted by molar-refractivity contribution is 6.33. The number of carbonyl (C=O) groups is 1. The van der Waals surface area contributed by atoms with Crippen molar-refractivity contribution in [3.8, 4) is 0 Å². The minimum Gasteiger partial charge on any atom is -0.396 e. The number of pyridine rings is 2. The number of nitrogens with zero attached hydrogens (tertiary/aromatic N) is 3. The Hall–Kier alpha value is -2.18. The van der Waals surface area contributed by atoms with E-state index in [9.17, 15) is 9.90 Å². The number of amides is 1. The van der Waals surface area contributed by atoms with Crippen LogP contribution < -0.4 is 5.32 Å². The van der Waals surface area contributed by atoms with Crippen molar-refractivity contribution in [3.63, 3.8) is 0 Å². The second-order valence-corrected chi connectivity index (χ2v) is 6.94. The lowest BCUT2D eigenvalue weighted by atomic mass is 9.98. The molecule has 1 aliphatic heterocycles. The molecule has 0 aliphatic carbocycles. The highest BCUT2D eigenvalue weighted by atomic mass is 35.5. The van der Waals surface area contributed by atoms with Gasteiger partial charge in [-0.25, -0.2) is 4.98 Å². The summed E-state index contributed by atoms with van der Waals surface area (Å²) in [4.78, 5) is 23.2. The predicted octanol–water partition coefficient (Wildman–Crippen LogP) is 3.56. The first kappa shape index (κ1) is 18.6. The summed E-state index contributed by atoms with van der Waals surface area (Å²) in [6.07, 6.45) is 6.85. The molecule has 1 aliphatic rings. The summed E-state index contributed by atoms with van der Waals surface area (Å²) in [6, 6.07) is 5.51. The van der Waals surface area contributed by atoms with Crippen molar-refractivity contribution in [1.82, 2.24) is 14.9 Å². The largest absolute Gasteiger partial charge is 0.396 e. The topological polar surface area (TPSA) is 78.4 Å². The van der Waals surface area contributed by atoms with Crippen LogP contribution in [-0.2, 0) is 0 Å². The fourth-order valence-electron chi connectivity index (χ4n) is 3.21. The molecule has 0 bridgehead atoms. The van der Waals surface area contributed by atoms with Gasteiger partial charge in [-0.1, -0.05) is 11.6 Å². The molecule has 1 saturated heterocycles. The lowest BCUT2D eigenvalue weighted by Gasteiger charge is -2.35. The zero-order valence-corrected chi connectivity index (χ0v) is 15.5.